The minimum Gasteiger partial charge on any atom is -0.384 e. The Labute approximate surface area is 115 Å². The number of hydrogen-bond donors (Lipinski definition) is 2. The molecule has 0 spiro atoms. The molecule has 94 valence electrons. The number of aromatic amines is 1. The lowest BCUT2D eigenvalue weighted by Gasteiger charge is -2.07. The summed E-state index contributed by atoms with van der Waals surface area (Å²) in [5.41, 5.74) is 4.98. The molecule has 0 amide bonds. The van der Waals surface area contributed by atoms with Gasteiger partial charge >= 0.3 is 5.69 Å². The second-order valence-corrected chi connectivity index (χ2v) is 4.79. The van der Waals surface area contributed by atoms with E-state index in [4.69, 9.17) is 17.3 Å². The molecule has 2 heterocycles. The molecule has 0 fully saturated rings. The van der Waals surface area contributed by atoms with Gasteiger partial charge in [-0.15, -0.1) is 0 Å². The third-order valence-electron chi connectivity index (χ3n) is 2.23. The summed E-state index contributed by atoms with van der Waals surface area (Å²) in [5.74, 6) is 0.311. The van der Waals surface area contributed by atoms with Crippen LogP contribution in [-0.2, 0) is 6.54 Å². The Bertz CT molecular complexity index is 710. The fraction of sp³-hybridized carbons (Fsp3) is 0.100. The second-order valence-electron chi connectivity index (χ2n) is 3.53. The lowest BCUT2D eigenvalue weighted by Crippen LogP contribution is -2.30. The normalized spacial score (nSPS) is 10.6. The molecule has 6 nitrogen and oxygen atoms in total. The van der Waals surface area contributed by atoms with Crippen molar-refractivity contribution in [2.24, 2.45) is 0 Å². The van der Waals surface area contributed by atoms with Gasteiger partial charge in [0.1, 0.15) is 5.82 Å². The summed E-state index contributed by atoms with van der Waals surface area (Å²) in [6.07, 6.45) is 1.38. The topological polar surface area (TPSA) is 93.8 Å². The van der Waals surface area contributed by atoms with Gasteiger partial charge < -0.3 is 5.73 Å². The second kappa shape index (κ2) is 4.95. The summed E-state index contributed by atoms with van der Waals surface area (Å²) >= 11 is 9.00. The van der Waals surface area contributed by atoms with Gasteiger partial charge in [0.05, 0.1) is 21.7 Å². The summed E-state index contributed by atoms with van der Waals surface area (Å²) in [7, 11) is 0. The van der Waals surface area contributed by atoms with Gasteiger partial charge in [-0.25, -0.2) is 9.78 Å². The van der Waals surface area contributed by atoms with Crippen LogP contribution < -0.4 is 17.0 Å². The van der Waals surface area contributed by atoms with E-state index < -0.39 is 11.2 Å². The van der Waals surface area contributed by atoms with Crippen LogP contribution in [0.3, 0.4) is 0 Å². The van der Waals surface area contributed by atoms with Gasteiger partial charge in [-0.1, -0.05) is 11.6 Å². The number of nitrogen functional groups attached to an aromatic ring is 1. The van der Waals surface area contributed by atoms with Crippen LogP contribution in [0, 0.1) is 0 Å². The van der Waals surface area contributed by atoms with Crippen LogP contribution in [-0.4, -0.2) is 14.5 Å². The van der Waals surface area contributed by atoms with Gasteiger partial charge in [-0.3, -0.25) is 14.3 Å². The van der Waals surface area contributed by atoms with E-state index in [2.05, 4.69) is 25.9 Å². The van der Waals surface area contributed by atoms with Crippen LogP contribution in [0.5, 0.6) is 0 Å². The minimum absolute atomic E-state index is 0.123. The van der Waals surface area contributed by atoms with Crippen molar-refractivity contribution in [3.63, 3.8) is 0 Å². The van der Waals surface area contributed by atoms with Crippen molar-refractivity contribution in [2.45, 2.75) is 6.54 Å². The van der Waals surface area contributed by atoms with Crippen molar-refractivity contribution >= 4 is 33.3 Å². The van der Waals surface area contributed by atoms with Gasteiger partial charge in [0, 0.05) is 6.20 Å². The Morgan fingerprint density at radius 3 is 2.89 bits per heavy atom. The van der Waals surface area contributed by atoms with Crippen molar-refractivity contribution in [3.05, 3.63) is 54.4 Å². The number of nitrogens with one attached hydrogen (secondary N) is 1. The van der Waals surface area contributed by atoms with Crippen molar-refractivity contribution in [1.29, 1.82) is 0 Å². The number of nitrogens with zero attached hydrogens (tertiary/aromatic N) is 2. The van der Waals surface area contributed by atoms with E-state index in [-0.39, 0.29) is 11.0 Å². The Balaban J connectivity index is 2.46. The Morgan fingerprint density at radius 1 is 1.44 bits per heavy atom. The SMILES string of the molecule is Nc1ccc(Cl)c(Cn2cc(Br)c(=O)[nH]c2=O)n1. The Kier molecular flexibility index (Phi) is 3.53. The molecule has 3 N–H and O–H groups in total. The van der Waals surface area contributed by atoms with Crippen molar-refractivity contribution < 1.29 is 0 Å². The minimum atomic E-state index is -0.538. The largest absolute Gasteiger partial charge is 0.384 e. The van der Waals surface area contributed by atoms with Gasteiger partial charge in [-0.2, -0.15) is 0 Å². The van der Waals surface area contributed by atoms with Crippen LogP contribution in [0.4, 0.5) is 5.82 Å². The quantitative estimate of drug-likeness (QED) is 0.857. The zero-order chi connectivity index (χ0) is 13.3. The first kappa shape index (κ1) is 12.8. The lowest BCUT2D eigenvalue weighted by molar-refractivity contribution is 0.702. The molecule has 0 aliphatic rings. The average Bonchev–Trinajstić information content (AvgIpc) is 2.30. The summed E-state index contributed by atoms with van der Waals surface area (Å²) in [5, 5.41) is 0.401. The number of aromatic nitrogens is 3. The first-order valence-corrected chi connectivity index (χ1v) is 6.04. The predicted octanol–water partition coefficient (Wildman–Crippen LogP) is 0.978. The monoisotopic (exact) mass is 330 g/mol. The fourth-order valence-corrected chi connectivity index (χ4v) is 1.88. The van der Waals surface area contributed by atoms with Crippen LogP contribution in [0.2, 0.25) is 5.02 Å². The van der Waals surface area contributed by atoms with Crippen LogP contribution in [0.15, 0.2) is 32.4 Å². The number of pyridine rings is 1. The molecule has 18 heavy (non-hydrogen) atoms. The van der Waals surface area contributed by atoms with Gasteiger partial charge in [0.2, 0.25) is 0 Å². The van der Waals surface area contributed by atoms with Crippen LogP contribution >= 0.6 is 27.5 Å². The van der Waals surface area contributed by atoms with E-state index in [1.54, 1.807) is 12.1 Å². The molecule has 0 bridgehead atoms. The van der Waals surface area contributed by atoms with Crippen molar-refractivity contribution in [3.8, 4) is 0 Å². The maximum Gasteiger partial charge on any atom is 0.328 e. The van der Waals surface area contributed by atoms with E-state index in [0.29, 0.717) is 16.5 Å². The van der Waals surface area contributed by atoms with E-state index in [9.17, 15) is 9.59 Å². The van der Waals surface area contributed by atoms with E-state index in [1.165, 1.54) is 10.8 Å². The Hall–Kier alpha value is -1.60. The molecular formula is C10H8BrClN4O2. The van der Waals surface area contributed by atoms with Crippen molar-refractivity contribution in [1.82, 2.24) is 14.5 Å². The first-order valence-electron chi connectivity index (χ1n) is 4.87. The van der Waals surface area contributed by atoms with Gasteiger partial charge in [0.15, 0.2) is 0 Å². The summed E-state index contributed by atoms with van der Waals surface area (Å²) in [6.45, 7) is 0.123. The van der Waals surface area contributed by atoms with Gasteiger partial charge in [-0.05, 0) is 28.1 Å². The highest BCUT2D eigenvalue weighted by Gasteiger charge is 2.07. The first-order chi connectivity index (χ1) is 8.47. The number of rotatable bonds is 2. The third kappa shape index (κ3) is 2.62. The molecule has 0 atom stereocenters. The smallest absolute Gasteiger partial charge is 0.328 e. The number of nitrogens with two attached hydrogens (primary N) is 1. The molecule has 0 aromatic carbocycles. The molecule has 0 saturated heterocycles. The molecule has 2 aromatic heterocycles. The number of anilines is 1. The summed E-state index contributed by atoms with van der Waals surface area (Å²) in [4.78, 5) is 29.0. The Morgan fingerprint density at radius 2 is 2.17 bits per heavy atom. The van der Waals surface area contributed by atoms with Crippen molar-refractivity contribution in [2.75, 3.05) is 5.73 Å². The molecule has 8 heteroatoms. The molecule has 0 saturated carbocycles. The molecule has 2 aromatic rings. The maximum absolute atomic E-state index is 11.6. The molecule has 0 aliphatic heterocycles. The summed E-state index contributed by atoms with van der Waals surface area (Å²) in [6, 6.07) is 3.17. The zero-order valence-corrected chi connectivity index (χ0v) is 11.3. The molecule has 0 unspecified atom stereocenters. The predicted molar refractivity (Wildman–Crippen MR) is 71.8 cm³/mol. The van der Waals surface area contributed by atoms with Crippen LogP contribution in [0.25, 0.3) is 0 Å². The molecule has 0 aliphatic carbocycles. The van der Waals surface area contributed by atoms with Crippen LogP contribution in [0.1, 0.15) is 5.69 Å². The highest BCUT2D eigenvalue weighted by atomic mass is 79.9. The number of H-pyrrole nitrogens is 1. The zero-order valence-electron chi connectivity index (χ0n) is 8.98. The lowest BCUT2D eigenvalue weighted by atomic mass is 10.3. The van der Waals surface area contributed by atoms with E-state index in [1.807, 2.05) is 0 Å². The van der Waals surface area contributed by atoms with Gasteiger partial charge in [0.25, 0.3) is 5.56 Å². The highest BCUT2D eigenvalue weighted by Crippen LogP contribution is 2.15. The molecular weight excluding hydrogens is 323 g/mol. The third-order valence-corrected chi connectivity index (χ3v) is 3.14. The average molecular weight is 332 g/mol. The van der Waals surface area contributed by atoms with E-state index in [0.717, 1.165) is 0 Å². The fourth-order valence-electron chi connectivity index (χ4n) is 1.37. The maximum atomic E-state index is 11.6. The number of hydrogen-bond acceptors (Lipinski definition) is 4. The standard InChI is InChI=1S/C10H8BrClN4O2/c11-5-3-16(10(18)15-9(5)17)4-7-6(12)1-2-8(13)14-7/h1-3H,4H2,(H2,13,14)(H,15,17,18). The highest BCUT2D eigenvalue weighted by molar-refractivity contribution is 9.10. The molecule has 0 radical (unpaired) electrons. The van der Waals surface area contributed by atoms with E-state index >= 15 is 0 Å². The number of halogens is 2. The summed E-state index contributed by atoms with van der Waals surface area (Å²) < 4.78 is 1.53. The molecule has 2 rings (SSSR count).